The van der Waals surface area contributed by atoms with Gasteiger partial charge in [0, 0.05) is 0 Å². The van der Waals surface area contributed by atoms with Crippen LogP contribution in [0.3, 0.4) is 0 Å². The van der Waals surface area contributed by atoms with E-state index in [0.717, 1.165) is 6.42 Å². The lowest BCUT2D eigenvalue weighted by molar-refractivity contribution is 0.410. The fourth-order valence-corrected chi connectivity index (χ4v) is 2.98. The molecule has 0 heterocycles. The second-order valence-electron chi connectivity index (χ2n) is 5.94. The molecule has 0 aromatic heterocycles. The average molecular weight is 342 g/mol. The molecular weight excluding hydrogens is 307 g/mol. The first-order valence-electron chi connectivity index (χ1n) is 8.72. The van der Waals surface area contributed by atoms with Crippen molar-refractivity contribution in [1.29, 1.82) is 0 Å². The van der Waals surface area contributed by atoms with Crippen LogP contribution >= 0.6 is 8.25 Å². The molecule has 0 amide bonds. The van der Waals surface area contributed by atoms with Crippen LogP contribution in [0, 0.1) is 0 Å². The Morgan fingerprint density at radius 2 is 1.35 bits per heavy atom. The van der Waals surface area contributed by atoms with Crippen molar-refractivity contribution in [2.75, 3.05) is 0 Å². The third-order valence-electron chi connectivity index (χ3n) is 3.95. The fourth-order valence-electron chi connectivity index (χ4n) is 2.64. The van der Waals surface area contributed by atoms with E-state index in [1.165, 1.54) is 69.8 Å². The van der Waals surface area contributed by atoms with Gasteiger partial charge in [-0.15, -0.1) is 0 Å². The van der Waals surface area contributed by atoms with Crippen molar-refractivity contribution in [3.8, 4) is 5.75 Å². The molecular formula is C19H35O3P. The van der Waals surface area contributed by atoms with E-state index in [2.05, 4.69) is 6.92 Å². The molecule has 23 heavy (non-hydrogen) atoms. The molecule has 0 spiro atoms. The number of aryl methyl sites for hydroxylation is 1. The molecule has 4 heteroatoms. The summed E-state index contributed by atoms with van der Waals surface area (Å²) in [7, 11) is -2.89. The van der Waals surface area contributed by atoms with Gasteiger partial charge in [0.15, 0.2) is 0 Å². The standard InChI is InChI=1S/C18H31O3P.CH4/c1-2-3-4-5-6-7-8-9-10-11-12-17-13-15-18(16-14-17)21-22(19)20;/h13-16,22H,2-12H2,1H3,(H,19,20);1H4. The van der Waals surface area contributed by atoms with Crippen molar-refractivity contribution in [3.05, 3.63) is 29.8 Å². The first-order chi connectivity index (χ1) is 10.7. The second-order valence-corrected chi connectivity index (χ2v) is 6.68. The Morgan fingerprint density at radius 1 is 0.870 bits per heavy atom. The summed E-state index contributed by atoms with van der Waals surface area (Å²) in [6.07, 6.45) is 14.6. The third-order valence-corrected chi connectivity index (χ3v) is 4.36. The highest BCUT2D eigenvalue weighted by atomic mass is 31.1. The van der Waals surface area contributed by atoms with Crippen LogP contribution in [0.1, 0.15) is 84.1 Å². The van der Waals surface area contributed by atoms with E-state index >= 15 is 0 Å². The van der Waals surface area contributed by atoms with Crippen LogP contribution in [0.15, 0.2) is 24.3 Å². The van der Waals surface area contributed by atoms with Gasteiger partial charge < -0.3 is 9.42 Å². The predicted octanol–water partition coefficient (Wildman–Crippen LogP) is 6.55. The number of hydrogen-bond acceptors (Lipinski definition) is 2. The molecule has 0 aliphatic carbocycles. The lowest BCUT2D eigenvalue weighted by atomic mass is 10.0. The zero-order valence-corrected chi connectivity index (χ0v) is 14.9. The van der Waals surface area contributed by atoms with E-state index in [9.17, 15) is 4.57 Å². The molecule has 0 bridgehead atoms. The van der Waals surface area contributed by atoms with Gasteiger partial charge in [-0.1, -0.05) is 84.3 Å². The molecule has 1 atom stereocenters. The first kappa shape index (κ1) is 22.2. The molecule has 0 saturated heterocycles. The van der Waals surface area contributed by atoms with E-state index in [4.69, 9.17) is 9.42 Å². The first-order valence-corrected chi connectivity index (χ1v) is 9.98. The molecule has 0 aliphatic rings. The van der Waals surface area contributed by atoms with E-state index in [1.54, 1.807) is 12.1 Å². The van der Waals surface area contributed by atoms with Crippen molar-refractivity contribution in [2.45, 2.75) is 85.0 Å². The lowest BCUT2D eigenvalue weighted by Crippen LogP contribution is -1.87. The molecule has 1 N–H and O–H groups in total. The molecule has 1 aromatic rings. The van der Waals surface area contributed by atoms with Crippen LogP contribution in [-0.2, 0) is 11.0 Å². The van der Waals surface area contributed by atoms with Crippen LogP contribution < -0.4 is 4.52 Å². The van der Waals surface area contributed by atoms with E-state index < -0.39 is 8.25 Å². The van der Waals surface area contributed by atoms with Gasteiger partial charge in [0.05, 0.1) is 0 Å². The van der Waals surface area contributed by atoms with Crippen LogP contribution in [0.5, 0.6) is 5.75 Å². The van der Waals surface area contributed by atoms with Crippen molar-refractivity contribution < 1.29 is 14.0 Å². The van der Waals surface area contributed by atoms with Crippen LogP contribution in [0.2, 0.25) is 0 Å². The molecule has 0 saturated carbocycles. The van der Waals surface area contributed by atoms with Gasteiger partial charge in [0.25, 0.3) is 0 Å². The number of unbranched alkanes of at least 4 members (excludes halogenated alkanes) is 9. The maximum atomic E-state index is 10.6. The quantitative estimate of drug-likeness (QED) is 0.327. The maximum absolute atomic E-state index is 10.6. The topological polar surface area (TPSA) is 46.5 Å². The van der Waals surface area contributed by atoms with Crippen molar-refractivity contribution in [1.82, 2.24) is 0 Å². The van der Waals surface area contributed by atoms with Crippen LogP contribution in [0.4, 0.5) is 0 Å². The van der Waals surface area contributed by atoms with Gasteiger partial charge >= 0.3 is 8.25 Å². The minimum absolute atomic E-state index is 0. The van der Waals surface area contributed by atoms with Crippen LogP contribution in [-0.4, -0.2) is 4.89 Å². The Hall–Kier alpha value is -0.790. The van der Waals surface area contributed by atoms with Gasteiger partial charge in [0.2, 0.25) is 0 Å². The van der Waals surface area contributed by atoms with Crippen LogP contribution in [0.25, 0.3) is 0 Å². The summed E-state index contributed by atoms with van der Waals surface area (Å²) in [5, 5.41) is 0. The molecule has 0 radical (unpaired) electrons. The molecule has 0 aliphatic heterocycles. The summed E-state index contributed by atoms with van der Waals surface area (Å²) >= 11 is 0. The predicted molar refractivity (Wildman–Crippen MR) is 101 cm³/mol. The highest BCUT2D eigenvalue weighted by molar-refractivity contribution is 7.32. The summed E-state index contributed by atoms with van der Waals surface area (Å²) in [6, 6.07) is 7.50. The highest BCUT2D eigenvalue weighted by Gasteiger charge is 1.98. The fraction of sp³-hybridized carbons (Fsp3) is 0.684. The van der Waals surface area contributed by atoms with Gasteiger partial charge in [-0.05, 0) is 30.5 Å². The minimum Gasteiger partial charge on any atom is -0.426 e. The van der Waals surface area contributed by atoms with Gasteiger partial charge in [-0.2, -0.15) is 0 Å². The minimum atomic E-state index is -2.89. The van der Waals surface area contributed by atoms with Gasteiger partial charge in [-0.25, -0.2) is 4.57 Å². The van der Waals surface area contributed by atoms with Crippen molar-refractivity contribution in [3.63, 3.8) is 0 Å². The zero-order chi connectivity index (χ0) is 16.0. The number of benzene rings is 1. The maximum Gasteiger partial charge on any atom is 0.365 e. The summed E-state index contributed by atoms with van der Waals surface area (Å²) in [4.78, 5) is 8.70. The second kappa shape index (κ2) is 14.8. The highest BCUT2D eigenvalue weighted by Crippen LogP contribution is 2.23. The Bertz CT molecular complexity index is 404. The SMILES string of the molecule is C.CCCCCCCCCCCCc1ccc(O[PH](=O)O)cc1. The van der Waals surface area contributed by atoms with Gasteiger partial charge in [-0.3, -0.25) is 0 Å². The third kappa shape index (κ3) is 12.3. The zero-order valence-electron chi connectivity index (χ0n) is 13.9. The smallest absolute Gasteiger partial charge is 0.365 e. The molecule has 1 unspecified atom stereocenters. The van der Waals surface area contributed by atoms with Crippen molar-refractivity contribution in [2.24, 2.45) is 0 Å². The van der Waals surface area contributed by atoms with E-state index in [0.29, 0.717) is 5.75 Å². The average Bonchev–Trinajstić information content (AvgIpc) is 2.50. The Balaban J connectivity index is 0.00000484. The van der Waals surface area contributed by atoms with E-state index in [-0.39, 0.29) is 7.43 Å². The molecule has 0 fully saturated rings. The Kier molecular flexibility index (Phi) is 14.3. The van der Waals surface area contributed by atoms with Crippen molar-refractivity contribution >= 4 is 8.25 Å². The summed E-state index contributed by atoms with van der Waals surface area (Å²) in [6.45, 7) is 2.26. The van der Waals surface area contributed by atoms with Gasteiger partial charge in [0.1, 0.15) is 5.75 Å². The molecule has 1 rings (SSSR count). The number of hydrogen-bond donors (Lipinski definition) is 1. The Labute approximate surface area is 143 Å². The summed E-state index contributed by atoms with van der Waals surface area (Å²) in [5.41, 5.74) is 1.27. The van der Waals surface area contributed by atoms with E-state index in [1.807, 2.05) is 12.1 Å². The summed E-state index contributed by atoms with van der Waals surface area (Å²) in [5.74, 6) is 0.471. The number of rotatable bonds is 13. The molecule has 1 aromatic carbocycles. The largest absolute Gasteiger partial charge is 0.426 e. The molecule has 134 valence electrons. The normalized spacial score (nSPS) is 11.7. The monoisotopic (exact) mass is 342 g/mol. The molecule has 3 nitrogen and oxygen atoms in total. The summed E-state index contributed by atoms with van der Waals surface area (Å²) < 4.78 is 15.4. The Morgan fingerprint density at radius 3 is 1.83 bits per heavy atom. The lowest BCUT2D eigenvalue weighted by Gasteiger charge is -2.05.